The molecule has 104 valence electrons. The molecule has 0 aromatic carbocycles. The zero-order chi connectivity index (χ0) is 13.4. The second-order valence-electron chi connectivity index (χ2n) is 5.41. The quantitative estimate of drug-likeness (QED) is 0.702. The molecule has 1 fully saturated rings. The first-order chi connectivity index (χ1) is 8.63. The molecule has 1 saturated heterocycles. The van der Waals surface area contributed by atoms with Crippen LogP contribution in [0.2, 0.25) is 0 Å². The fourth-order valence-electron chi connectivity index (χ4n) is 2.45. The van der Waals surface area contributed by atoms with Gasteiger partial charge in [0.15, 0.2) is 0 Å². The molecule has 0 atom stereocenters. The van der Waals surface area contributed by atoms with Crippen molar-refractivity contribution in [1.82, 2.24) is 9.80 Å². The molecule has 0 radical (unpaired) electrons. The van der Waals surface area contributed by atoms with E-state index < -0.39 is 0 Å². The Morgan fingerprint density at radius 1 is 1.11 bits per heavy atom. The van der Waals surface area contributed by atoms with Gasteiger partial charge in [0, 0.05) is 19.6 Å². The summed E-state index contributed by atoms with van der Waals surface area (Å²) in [6.45, 7) is 12.2. The van der Waals surface area contributed by atoms with Crippen LogP contribution in [0.15, 0.2) is 12.2 Å². The summed E-state index contributed by atoms with van der Waals surface area (Å²) in [6.07, 6.45) is 6.20. The molecule has 0 bridgehead atoms. The third-order valence-electron chi connectivity index (χ3n) is 3.51. The third kappa shape index (κ3) is 5.67. The van der Waals surface area contributed by atoms with Crippen LogP contribution in [0.5, 0.6) is 0 Å². The van der Waals surface area contributed by atoms with E-state index in [0.29, 0.717) is 12.5 Å². The van der Waals surface area contributed by atoms with E-state index in [0.717, 1.165) is 31.8 Å². The lowest BCUT2D eigenvalue weighted by atomic mass is 10.1. The highest BCUT2D eigenvalue weighted by Crippen LogP contribution is 2.11. The number of carbonyl (C=O) groups excluding carboxylic acids is 1. The van der Waals surface area contributed by atoms with Crippen molar-refractivity contribution in [1.29, 1.82) is 0 Å². The SMILES string of the molecule is C=C(C)CN(CC)CC(=O)N1CCCCCCC1. The molecule has 0 unspecified atom stereocenters. The molecule has 0 aromatic heterocycles. The van der Waals surface area contributed by atoms with Crippen molar-refractivity contribution in [3.05, 3.63) is 12.2 Å². The Kier molecular flexibility index (Phi) is 7.02. The van der Waals surface area contributed by atoms with E-state index in [1.54, 1.807) is 0 Å². The average Bonchev–Trinajstić information content (AvgIpc) is 2.26. The predicted molar refractivity (Wildman–Crippen MR) is 76.6 cm³/mol. The maximum absolute atomic E-state index is 12.3. The van der Waals surface area contributed by atoms with Gasteiger partial charge in [-0.3, -0.25) is 9.69 Å². The van der Waals surface area contributed by atoms with E-state index in [2.05, 4.69) is 23.3 Å². The number of nitrogens with zero attached hydrogens (tertiary/aromatic N) is 2. The normalized spacial score (nSPS) is 17.4. The molecular formula is C15H28N2O. The zero-order valence-corrected chi connectivity index (χ0v) is 12.1. The summed E-state index contributed by atoms with van der Waals surface area (Å²) in [5.41, 5.74) is 1.12. The summed E-state index contributed by atoms with van der Waals surface area (Å²) in [6, 6.07) is 0. The number of rotatable bonds is 5. The molecule has 1 rings (SSSR count). The summed E-state index contributed by atoms with van der Waals surface area (Å²) in [5, 5.41) is 0. The second kappa shape index (κ2) is 8.30. The molecule has 0 spiro atoms. The fourth-order valence-corrected chi connectivity index (χ4v) is 2.45. The Balaban J connectivity index is 2.42. The van der Waals surface area contributed by atoms with Crippen LogP contribution in [0.4, 0.5) is 0 Å². The van der Waals surface area contributed by atoms with Gasteiger partial charge in [-0.1, -0.05) is 38.3 Å². The van der Waals surface area contributed by atoms with E-state index in [1.165, 1.54) is 32.1 Å². The number of hydrogen-bond acceptors (Lipinski definition) is 2. The first-order valence-corrected chi connectivity index (χ1v) is 7.28. The number of likely N-dealkylation sites (N-methyl/N-ethyl adjacent to an activating group) is 1. The van der Waals surface area contributed by atoms with Crippen molar-refractivity contribution >= 4 is 5.91 Å². The molecule has 1 amide bonds. The standard InChI is InChI=1S/C15H28N2O/c1-4-16(12-14(2)3)13-15(18)17-10-8-6-5-7-9-11-17/h2,4-13H2,1,3H3. The molecule has 0 saturated carbocycles. The highest BCUT2D eigenvalue weighted by molar-refractivity contribution is 5.78. The minimum Gasteiger partial charge on any atom is -0.342 e. The fraction of sp³-hybridized carbons (Fsp3) is 0.800. The van der Waals surface area contributed by atoms with E-state index in [9.17, 15) is 4.79 Å². The highest BCUT2D eigenvalue weighted by atomic mass is 16.2. The molecule has 18 heavy (non-hydrogen) atoms. The maximum Gasteiger partial charge on any atom is 0.236 e. The zero-order valence-electron chi connectivity index (χ0n) is 12.1. The van der Waals surface area contributed by atoms with Crippen molar-refractivity contribution in [3.8, 4) is 0 Å². The van der Waals surface area contributed by atoms with Gasteiger partial charge in [0.25, 0.3) is 0 Å². The Morgan fingerprint density at radius 3 is 2.17 bits per heavy atom. The van der Waals surface area contributed by atoms with Gasteiger partial charge in [0.1, 0.15) is 0 Å². The molecule has 0 aromatic rings. The van der Waals surface area contributed by atoms with Crippen LogP contribution < -0.4 is 0 Å². The smallest absolute Gasteiger partial charge is 0.236 e. The van der Waals surface area contributed by atoms with Gasteiger partial charge in [0.2, 0.25) is 5.91 Å². The van der Waals surface area contributed by atoms with Crippen molar-refractivity contribution in [2.75, 3.05) is 32.7 Å². The Labute approximate surface area is 112 Å². The van der Waals surface area contributed by atoms with Crippen LogP contribution in [-0.2, 0) is 4.79 Å². The van der Waals surface area contributed by atoms with Crippen molar-refractivity contribution < 1.29 is 4.79 Å². The first-order valence-electron chi connectivity index (χ1n) is 7.28. The molecule has 3 heteroatoms. The highest BCUT2D eigenvalue weighted by Gasteiger charge is 2.17. The summed E-state index contributed by atoms with van der Waals surface area (Å²) < 4.78 is 0. The van der Waals surface area contributed by atoms with Gasteiger partial charge in [-0.05, 0) is 26.3 Å². The maximum atomic E-state index is 12.3. The van der Waals surface area contributed by atoms with Gasteiger partial charge in [-0.25, -0.2) is 0 Å². The summed E-state index contributed by atoms with van der Waals surface area (Å²) in [5.74, 6) is 0.292. The van der Waals surface area contributed by atoms with Gasteiger partial charge in [-0.2, -0.15) is 0 Å². The summed E-state index contributed by atoms with van der Waals surface area (Å²) in [4.78, 5) is 16.5. The van der Waals surface area contributed by atoms with Gasteiger partial charge in [0.05, 0.1) is 6.54 Å². The van der Waals surface area contributed by atoms with Crippen LogP contribution in [-0.4, -0.2) is 48.4 Å². The average molecular weight is 252 g/mol. The Hall–Kier alpha value is -0.830. The minimum atomic E-state index is 0.292. The minimum absolute atomic E-state index is 0.292. The number of amides is 1. The topological polar surface area (TPSA) is 23.6 Å². The lowest BCUT2D eigenvalue weighted by Crippen LogP contribution is -2.42. The molecule has 1 heterocycles. The van der Waals surface area contributed by atoms with Crippen LogP contribution in [0.1, 0.15) is 46.0 Å². The first kappa shape index (κ1) is 15.2. The Morgan fingerprint density at radius 2 is 1.67 bits per heavy atom. The van der Waals surface area contributed by atoms with Crippen molar-refractivity contribution in [2.45, 2.75) is 46.0 Å². The van der Waals surface area contributed by atoms with E-state index in [4.69, 9.17) is 0 Å². The van der Waals surface area contributed by atoms with E-state index in [-0.39, 0.29) is 0 Å². The molecule has 1 aliphatic rings. The van der Waals surface area contributed by atoms with E-state index >= 15 is 0 Å². The monoisotopic (exact) mass is 252 g/mol. The van der Waals surface area contributed by atoms with Crippen molar-refractivity contribution in [2.24, 2.45) is 0 Å². The molecular weight excluding hydrogens is 224 g/mol. The van der Waals surface area contributed by atoms with Gasteiger partial charge in [-0.15, -0.1) is 0 Å². The predicted octanol–water partition coefficient (Wildman–Crippen LogP) is 2.68. The van der Waals surface area contributed by atoms with Gasteiger partial charge >= 0.3 is 0 Å². The molecule has 3 nitrogen and oxygen atoms in total. The van der Waals surface area contributed by atoms with Gasteiger partial charge < -0.3 is 4.90 Å². The molecule has 0 aliphatic carbocycles. The van der Waals surface area contributed by atoms with Crippen LogP contribution in [0.3, 0.4) is 0 Å². The lowest BCUT2D eigenvalue weighted by Gasteiger charge is -2.28. The van der Waals surface area contributed by atoms with Crippen LogP contribution in [0.25, 0.3) is 0 Å². The Bertz CT molecular complexity index is 268. The summed E-state index contributed by atoms with van der Waals surface area (Å²) in [7, 11) is 0. The summed E-state index contributed by atoms with van der Waals surface area (Å²) >= 11 is 0. The molecule has 0 N–H and O–H groups in total. The number of hydrogen-bond donors (Lipinski definition) is 0. The van der Waals surface area contributed by atoms with E-state index in [1.807, 2.05) is 6.92 Å². The van der Waals surface area contributed by atoms with Crippen molar-refractivity contribution in [3.63, 3.8) is 0 Å². The molecule has 1 aliphatic heterocycles. The van der Waals surface area contributed by atoms with Crippen LogP contribution >= 0.6 is 0 Å². The number of likely N-dealkylation sites (tertiary alicyclic amines) is 1. The number of carbonyl (C=O) groups is 1. The van der Waals surface area contributed by atoms with Crippen LogP contribution in [0, 0.1) is 0 Å². The third-order valence-corrected chi connectivity index (χ3v) is 3.51. The second-order valence-corrected chi connectivity index (χ2v) is 5.41. The lowest BCUT2D eigenvalue weighted by molar-refractivity contribution is -0.132. The largest absolute Gasteiger partial charge is 0.342 e.